The number of halogens is 2. The average Bonchev–Trinajstić information content (AvgIpc) is 3.38. The van der Waals surface area contributed by atoms with Crippen LogP contribution in [0.25, 0.3) is 11.0 Å². The fourth-order valence-corrected chi connectivity index (χ4v) is 11.6. The lowest BCUT2D eigenvalue weighted by Crippen LogP contribution is -2.66. The van der Waals surface area contributed by atoms with Gasteiger partial charge in [-0.1, -0.05) is 106 Å². The standard InChI is InChI=1S/C35H41ClIN7O4Si/c1-6-13-24(18-19-48-49(35(2,3)4,25-14-9-7-10-15-25)26-16-11-8-12-17-26)39-32-30-29(40-33(41-32)42-34(45)46)31(37)43-44(30)22-23-21-38-28(36)20-27(23)47-5/h7-12,14-17,20-21,24H,6,13,18-19,22H2,1-5H3,(H,45,46)(H2,39,40,41,42). The number of nitrogens with one attached hydrogen (secondary N) is 2. The summed E-state index contributed by atoms with van der Waals surface area (Å²) >= 11 is 8.23. The molecule has 0 radical (unpaired) electrons. The van der Waals surface area contributed by atoms with Gasteiger partial charge in [0.1, 0.15) is 25.6 Å². The highest BCUT2D eigenvalue weighted by Gasteiger charge is 2.50. The second kappa shape index (κ2) is 15.8. The maximum absolute atomic E-state index is 11.6. The van der Waals surface area contributed by atoms with E-state index in [-0.39, 0.29) is 17.0 Å². The van der Waals surface area contributed by atoms with E-state index in [2.05, 4.69) is 124 Å². The van der Waals surface area contributed by atoms with Crippen LogP contribution < -0.4 is 25.7 Å². The first-order valence-electron chi connectivity index (χ1n) is 16.1. The van der Waals surface area contributed by atoms with Gasteiger partial charge in [-0.05, 0) is 50.8 Å². The summed E-state index contributed by atoms with van der Waals surface area (Å²) in [7, 11) is -1.16. The maximum Gasteiger partial charge on any atom is 0.411 e. The molecule has 14 heteroatoms. The number of fused-ring (bicyclic) bond motifs is 1. The molecule has 0 spiro atoms. The second-order valence-electron chi connectivity index (χ2n) is 12.7. The number of pyridine rings is 1. The Labute approximate surface area is 306 Å². The van der Waals surface area contributed by atoms with Gasteiger partial charge in [-0.2, -0.15) is 10.1 Å². The summed E-state index contributed by atoms with van der Waals surface area (Å²) in [6, 6.07) is 22.8. The summed E-state index contributed by atoms with van der Waals surface area (Å²) in [4.78, 5) is 25.0. The highest BCUT2D eigenvalue weighted by molar-refractivity contribution is 14.1. The first-order valence-corrected chi connectivity index (χ1v) is 19.5. The van der Waals surface area contributed by atoms with E-state index in [1.165, 1.54) is 10.4 Å². The highest BCUT2D eigenvalue weighted by Crippen LogP contribution is 2.37. The van der Waals surface area contributed by atoms with Gasteiger partial charge in [-0.3, -0.25) is 10.00 Å². The monoisotopic (exact) mass is 813 g/mol. The number of benzene rings is 2. The quantitative estimate of drug-likeness (QED) is 0.0606. The van der Waals surface area contributed by atoms with Crippen molar-refractivity contribution in [3.05, 3.63) is 87.3 Å². The molecular weight excluding hydrogens is 773 g/mol. The van der Waals surface area contributed by atoms with E-state index in [4.69, 9.17) is 25.9 Å². The smallest absolute Gasteiger partial charge is 0.411 e. The van der Waals surface area contributed by atoms with Crippen molar-refractivity contribution in [1.82, 2.24) is 24.7 Å². The van der Waals surface area contributed by atoms with E-state index in [0.717, 1.165) is 18.4 Å². The lowest BCUT2D eigenvalue weighted by atomic mass is 10.1. The number of anilines is 2. The Kier molecular flexibility index (Phi) is 11.8. The number of aromatic nitrogens is 5. The van der Waals surface area contributed by atoms with Crippen molar-refractivity contribution in [2.45, 2.75) is 64.6 Å². The van der Waals surface area contributed by atoms with Gasteiger partial charge in [-0.15, -0.1) is 0 Å². The number of rotatable bonds is 14. The first-order chi connectivity index (χ1) is 23.5. The molecule has 0 saturated carbocycles. The molecule has 3 N–H and O–H groups in total. The van der Waals surface area contributed by atoms with E-state index < -0.39 is 14.4 Å². The number of amides is 1. The molecule has 3 aromatic heterocycles. The molecule has 0 fully saturated rings. The minimum atomic E-state index is -2.74. The fraction of sp³-hybridized carbons (Fsp3) is 0.343. The SMILES string of the molecule is CCCC(CCO[Si](c1ccccc1)(c1ccccc1)C(C)(C)C)Nc1nc(NC(=O)O)nc2c(I)nn(Cc3cnc(Cl)cc3OC)c12. The molecule has 1 amide bonds. The summed E-state index contributed by atoms with van der Waals surface area (Å²) in [5, 5.41) is 22.8. The van der Waals surface area contributed by atoms with Crippen molar-refractivity contribution in [2.24, 2.45) is 0 Å². The van der Waals surface area contributed by atoms with Gasteiger partial charge in [0.05, 0.1) is 13.7 Å². The van der Waals surface area contributed by atoms with Crippen LogP contribution in [0.2, 0.25) is 10.2 Å². The Hall–Kier alpha value is -3.79. The average molecular weight is 814 g/mol. The van der Waals surface area contributed by atoms with Crippen molar-refractivity contribution in [3.8, 4) is 5.75 Å². The molecule has 0 bridgehead atoms. The van der Waals surface area contributed by atoms with Crippen molar-refractivity contribution in [2.75, 3.05) is 24.4 Å². The molecule has 0 aliphatic rings. The van der Waals surface area contributed by atoms with E-state index in [1.54, 1.807) is 24.1 Å². The van der Waals surface area contributed by atoms with Crippen LogP contribution in [0, 0.1) is 3.70 Å². The lowest BCUT2D eigenvalue weighted by Gasteiger charge is -2.43. The van der Waals surface area contributed by atoms with Gasteiger partial charge in [0.2, 0.25) is 5.95 Å². The summed E-state index contributed by atoms with van der Waals surface area (Å²) in [6.07, 6.45) is 2.82. The molecule has 1 atom stereocenters. The van der Waals surface area contributed by atoms with Crippen molar-refractivity contribution in [3.63, 3.8) is 0 Å². The third-order valence-corrected chi connectivity index (χ3v) is 14.4. The van der Waals surface area contributed by atoms with Crippen LogP contribution in [-0.2, 0) is 11.0 Å². The second-order valence-corrected chi connectivity index (χ2v) is 18.4. The zero-order chi connectivity index (χ0) is 35.2. The van der Waals surface area contributed by atoms with Crippen molar-refractivity contribution < 1.29 is 19.1 Å². The van der Waals surface area contributed by atoms with Crippen LogP contribution in [0.3, 0.4) is 0 Å². The lowest BCUT2D eigenvalue weighted by molar-refractivity contribution is 0.209. The van der Waals surface area contributed by atoms with E-state index in [1.807, 2.05) is 12.1 Å². The number of carbonyl (C=O) groups is 1. The third-order valence-electron chi connectivity index (χ3n) is 8.39. The predicted octanol–water partition coefficient (Wildman–Crippen LogP) is 7.17. The summed E-state index contributed by atoms with van der Waals surface area (Å²) < 4.78 is 15.1. The van der Waals surface area contributed by atoms with E-state index in [9.17, 15) is 9.90 Å². The van der Waals surface area contributed by atoms with Gasteiger partial charge < -0.3 is 19.6 Å². The number of hydrogen-bond donors (Lipinski definition) is 3. The Morgan fingerprint density at radius 3 is 2.29 bits per heavy atom. The van der Waals surface area contributed by atoms with Crippen LogP contribution in [0.5, 0.6) is 5.75 Å². The first kappa shape index (κ1) is 36.5. The normalized spacial score (nSPS) is 12.6. The fourth-order valence-electron chi connectivity index (χ4n) is 6.27. The number of carboxylic acid groups (broad SMARTS) is 1. The third kappa shape index (κ3) is 8.17. The van der Waals surface area contributed by atoms with Gasteiger partial charge in [0.25, 0.3) is 8.32 Å². The summed E-state index contributed by atoms with van der Waals surface area (Å²) in [5.74, 6) is 1.00. The van der Waals surface area contributed by atoms with Crippen molar-refractivity contribution in [1.29, 1.82) is 0 Å². The molecule has 2 aromatic carbocycles. The molecule has 1 unspecified atom stereocenters. The van der Waals surface area contributed by atoms with Crippen LogP contribution in [0.4, 0.5) is 16.6 Å². The van der Waals surface area contributed by atoms with Crippen LogP contribution >= 0.6 is 34.2 Å². The summed E-state index contributed by atoms with van der Waals surface area (Å²) in [5.41, 5.74) is 1.91. The maximum atomic E-state index is 11.6. The van der Waals surface area contributed by atoms with E-state index in [0.29, 0.717) is 51.0 Å². The predicted molar refractivity (Wildman–Crippen MR) is 205 cm³/mol. The minimum Gasteiger partial charge on any atom is -0.496 e. The summed E-state index contributed by atoms with van der Waals surface area (Å²) in [6.45, 7) is 9.74. The minimum absolute atomic E-state index is 0.0375. The number of ether oxygens (including phenoxy) is 1. The molecule has 5 aromatic rings. The van der Waals surface area contributed by atoms with Crippen LogP contribution in [0.1, 0.15) is 52.5 Å². The highest BCUT2D eigenvalue weighted by atomic mass is 127. The Morgan fingerprint density at radius 1 is 1.06 bits per heavy atom. The molecule has 49 heavy (non-hydrogen) atoms. The number of nitrogens with zero attached hydrogens (tertiary/aromatic N) is 5. The van der Waals surface area contributed by atoms with Crippen molar-refractivity contribution >= 4 is 81.8 Å². The Bertz CT molecular complexity index is 1850. The Morgan fingerprint density at radius 2 is 1.71 bits per heavy atom. The molecule has 0 aliphatic heterocycles. The topological polar surface area (TPSA) is 136 Å². The number of hydrogen-bond acceptors (Lipinski definition) is 8. The van der Waals surface area contributed by atoms with Gasteiger partial charge in [0.15, 0.2) is 5.82 Å². The molecule has 0 saturated heterocycles. The van der Waals surface area contributed by atoms with Gasteiger partial charge in [0, 0.05) is 30.5 Å². The number of methoxy groups -OCH3 is 1. The molecular formula is C35H41ClIN7O4Si. The van der Waals surface area contributed by atoms with Gasteiger partial charge in [-0.25, -0.2) is 14.8 Å². The van der Waals surface area contributed by atoms with Crippen LogP contribution in [-0.4, -0.2) is 64.0 Å². The molecule has 5 rings (SSSR count). The van der Waals surface area contributed by atoms with Crippen LogP contribution in [0.15, 0.2) is 72.9 Å². The largest absolute Gasteiger partial charge is 0.496 e. The molecule has 258 valence electrons. The van der Waals surface area contributed by atoms with E-state index >= 15 is 0 Å². The zero-order valence-electron chi connectivity index (χ0n) is 28.2. The van der Waals surface area contributed by atoms with Gasteiger partial charge >= 0.3 is 6.09 Å². The molecule has 3 heterocycles. The molecule has 0 aliphatic carbocycles. The Balaban J connectivity index is 1.51. The zero-order valence-corrected chi connectivity index (χ0v) is 32.1. The molecule has 11 nitrogen and oxygen atoms in total.